The summed E-state index contributed by atoms with van der Waals surface area (Å²) < 4.78 is 17.8. The first-order valence-electron chi connectivity index (χ1n) is 7.40. The van der Waals surface area contributed by atoms with Crippen LogP contribution in [0.4, 0.5) is 5.69 Å². The highest BCUT2D eigenvalue weighted by atomic mass is 32.2. The molecule has 0 bridgehead atoms. The number of hydrogen-bond acceptors (Lipinski definition) is 5. The van der Waals surface area contributed by atoms with E-state index in [1.807, 2.05) is 43.3 Å². The number of aromatic hydroxyl groups is 1. The maximum atomic E-state index is 12.7. The molecule has 0 aliphatic carbocycles. The van der Waals surface area contributed by atoms with Crippen LogP contribution in [-0.2, 0) is 16.9 Å². The monoisotopic (exact) mass is 345 g/mol. The number of imidazole rings is 1. The summed E-state index contributed by atoms with van der Waals surface area (Å²) in [7, 11) is 5.39. The van der Waals surface area contributed by atoms with Crippen molar-refractivity contribution in [2.24, 2.45) is 0 Å². The fourth-order valence-electron chi connectivity index (χ4n) is 2.55. The number of phenolic OH excluding ortho intramolecular Hbond substituents is 1. The Morgan fingerprint density at radius 2 is 2.04 bits per heavy atom. The number of phenols is 1. The second-order valence-electron chi connectivity index (χ2n) is 5.60. The van der Waals surface area contributed by atoms with Crippen molar-refractivity contribution in [3.63, 3.8) is 0 Å². The predicted octanol–water partition coefficient (Wildman–Crippen LogP) is 2.65. The van der Waals surface area contributed by atoms with Gasteiger partial charge in [0.2, 0.25) is 0 Å². The number of aromatic nitrogens is 2. The normalized spacial score (nSPS) is 12.3. The molecule has 0 fully saturated rings. The molecule has 0 aliphatic rings. The van der Waals surface area contributed by atoms with E-state index in [1.54, 1.807) is 6.07 Å². The summed E-state index contributed by atoms with van der Waals surface area (Å²) in [6.45, 7) is 0. The van der Waals surface area contributed by atoms with Crippen molar-refractivity contribution < 1.29 is 14.4 Å². The second kappa shape index (κ2) is 6.62. The van der Waals surface area contributed by atoms with Crippen molar-refractivity contribution >= 4 is 27.9 Å². The quantitative estimate of drug-likeness (QED) is 0.695. The number of para-hydroxylation sites is 1. The molecule has 0 spiro atoms. The van der Waals surface area contributed by atoms with Gasteiger partial charge >= 0.3 is 5.16 Å². The number of fused-ring (bicyclic) bond motifs is 1. The standard InChI is InChI=1S/C17H19N3O3S/c1-20(2)14-7-5-4-6-11(14)10-24(22)17-18-12-8-15(21)16(23-3)9-13(12)19-17/h4-9,21H,10H2,1-3H3,(H,18,19). The minimum absolute atomic E-state index is 0.00628. The van der Waals surface area contributed by atoms with Gasteiger partial charge in [-0.05, 0) is 6.07 Å². The molecule has 1 heterocycles. The van der Waals surface area contributed by atoms with Crippen molar-refractivity contribution in [1.29, 1.82) is 0 Å². The zero-order chi connectivity index (χ0) is 17.3. The molecule has 24 heavy (non-hydrogen) atoms. The average molecular weight is 345 g/mol. The lowest BCUT2D eigenvalue weighted by molar-refractivity contribution is 0.374. The van der Waals surface area contributed by atoms with Crippen LogP contribution in [0.2, 0.25) is 0 Å². The highest BCUT2D eigenvalue weighted by molar-refractivity contribution is 7.90. The second-order valence-corrected chi connectivity index (χ2v) is 6.96. The largest absolute Gasteiger partial charge is 0.609 e. The van der Waals surface area contributed by atoms with Gasteiger partial charge < -0.3 is 19.3 Å². The van der Waals surface area contributed by atoms with E-state index in [9.17, 15) is 9.66 Å². The van der Waals surface area contributed by atoms with Gasteiger partial charge in [-0.3, -0.25) is 4.98 Å². The zero-order valence-electron chi connectivity index (χ0n) is 13.7. The number of benzene rings is 2. The fourth-order valence-corrected chi connectivity index (χ4v) is 3.64. The van der Waals surface area contributed by atoms with E-state index < -0.39 is 11.2 Å². The Morgan fingerprint density at radius 3 is 2.75 bits per heavy atom. The van der Waals surface area contributed by atoms with Crippen LogP contribution < -0.4 is 9.64 Å². The molecular weight excluding hydrogens is 326 g/mol. The van der Waals surface area contributed by atoms with Crippen LogP contribution in [-0.4, -0.2) is 40.8 Å². The van der Waals surface area contributed by atoms with Crippen LogP contribution in [0.5, 0.6) is 11.5 Å². The maximum absolute atomic E-state index is 12.7. The first-order chi connectivity index (χ1) is 11.5. The third kappa shape index (κ3) is 3.13. The summed E-state index contributed by atoms with van der Waals surface area (Å²) in [5, 5.41) is 10.2. The maximum Gasteiger partial charge on any atom is 0.321 e. The van der Waals surface area contributed by atoms with E-state index in [2.05, 4.69) is 9.97 Å². The van der Waals surface area contributed by atoms with Gasteiger partial charge in [-0.15, -0.1) is 0 Å². The summed E-state index contributed by atoms with van der Waals surface area (Å²) in [6, 6.07) is 11.0. The Bertz CT molecular complexity index is 863. The smallest absolute Gasteiger partial charge is 0.321 e. The fraction of sp³-hybridized carbons (Fsp3) is 0.235. The molecule has 0 radical (unpaired) electrons. The van der Waals surface area contributed by atoms with Gasteiger partial charge in [-0.2, -0.15) is 4.98 Å². The van der Waals surface area contributed by atoms with Crippen molar-refractivity contribution in [3.05, 3.63) is 42.0 Å². The molecule has 2 N–H and O–H groups in total. The molecule has 0 amide bonds. The predicted molar refractivity (Wildman–Crippen MR) is 95.2 cm³/mol. The average Bonchev–Trinajstić information content (AvgIpc) is 2.97. The van der Waals surface area contributed by atoms with Crippen LogP contribution in [0, 0.1) is 0 Å². The third-order valence-corrected chi connectivity index (χ3v) is 4.93. The van der Waals surface area contributed by atoms with Crippen molar-refractivity contribution in [2.75, 3.05) is 26.1 Å². The number of aromatic amines is 1. The van der Waals surface area contributed by atoms with E-state index in [0.29, 0.717) is 27.7 Å². The number of hydrogen-bond donors (Lipinski definition) is 2. The molecular formula is C17H19N3O3S. The summed E-state index contributed by atoms with van der Waals surface area (Å²) >= 11 is -1.32. The molecule has 126 valence electrons. The summed E-state index contributed by atoms with van der Waals surface area (Å²) in [5.41, 5.74) is 3.24. The lowest BCUT2D eigenvalue weighted by atomic mass is 10.2. The molecule has 3 aromatic rings. The first kappa shape index (κ1) is 16.5. The number of anilines is 1. The molecule has 0 aliphatic heterocycles. The molecule has 7 heteroatoms. The van der Waals surface area contributed by atoms with Gasteiger partial charge in [0.25, 0.3) is 0 Å². The number of nitrogens with one attached hydrogen (secondary N) is 1. The topological polar surface area (TPSA) is 84.4 Å². The van der Waals surface area contributed by atoms with Crippen LogP contribution >= 0.6 is 0 Å². The van der Waals surface area contributed by atoms with Gasteiger partial charge in [-0.25, -0.2) is 0 Å². The first-order valence-corrected chi connectivity index (χ1v) is 8.72. The van der Waals surface area contributed by atoms with E-state index in [0.717, 1.165) is 11.3 Å². The molecule has 0 saturated carbocycles. The minimum atomic E-state index is -1.32. The Labute approximate surface area is 143 Å². The molecule has 1 atom stereocenters. The van der Waals surface area contributed by atoms with E-state index >= 15 is 0 Å². The summed E-state index contributed by atoms with van der Waals surface area (Å²) in [4.78, 5) is 9.38. The molecule has 0 saturated heterocycles. The summed E-state index contributed by atoms with van der Waals surface area (Å²) in [5.74, 6) is 0.713. The van der Waals surface area contributed by atoms with Crippen LogP contribution in [0.15, 0.2) is 41.6 Å². The van der Waals surface area contributed by atoms with E-state index in [1.165, 1.54) is 13.2 Å². The summed E-state index contributed by atoms with van der Waals surface area (Å²) in [6.07, 6.45) is 0. The number of nitrogens with zero attached hydrogens (tertiary/aromatic N) is 2. The minimum Gasteiger partial charge on any atom is -0.609 e. The van der Waals surface area contributed by atoms with Crippen LogP contribution in [0.25, 0.3) is 11.0 Å². The van der Waals surface area contributed by atoms with Gasteiger partial charge in [0.15, 0.2) is 11.5 Å². The highest BCUT2D eigenvalue weighted by Crippen LogP contribution is 2.31. The van der Waals surface area contributed by atoms with Crippen molar-refractivity contribution in [1.82, 2.24) is 9.97 Å². The lowest BCUT2D eigenvalue weighted by Gasteiger charge is -2.17. The number of H-pyrrole nitrogens is 1. The number of rotatable bonds is 5. The molecule has 3 rings (SSSR count). The molecule has 2 aromatic carbocycles. The molecule has 1 unspecified atom stereocenters. The van der Waals surface area contributed by atoms with Gasteiger partial charge in [0.1, 0.15) is 5.75 Å². The van der Waals surface area contributed by atoms with Gasteiger partial charge in [-0.1, -0.05) is 18.2 Å². The van der Waals surface area contributed by atoms with Gasteiger partial charge in [0, 0.05) is 48.7 Å². The van der Waals surface area contributed by atoms with Crippen molar-refractivity contribution in [2.45, 2.75) is 10.9 Å². The number of ether oxygens (including phenoxy) is 1. The SMILES string of the molecule is COc1cc2[nH]c([S+]([O-])Cc3ccccc3N(C)C)nc2cc1O. The Kier molecular flexibility index (Phi) is 4.55. The van der Waals surface area contributed by atoms with E-state index in [-0.39, 0.29) is 5.75 Å². The zero-order valence-corrected chi connectivity index (χ0v) is 14.6. The lowest BCUT2D eigenvalue weighted by Crippen LogP contribution is -2.14. The van der Waals surface area contributed by atoms with Crippen LogP contribution in [0.1, 0.15) is 5.56 Å². The van der Waals surface area contributed by atoms with Gasteiger partial charge in [0.05, 0.1) is 18.1 Å². The number of methoxy groups -OCH3 is 1. The Balaban J connectivity index is 1.90. The molecule has 1 aromatic heterocycles. The van der Waals surface area contributed by atoms with Crippen LogP contribution in [0.3, 0.4) is 0 Å². The van der Waals surface area contributed by atoms with E-state index in [4.69, 9.17) is 4.74 Å². The Hall–Kier alpha value is -2.38. The third-order valence-electron chi connectivity index (χ3n) is 3.74. The highest BCUT2D eigenvalue weighted by Gasteiger charge is 2.20. The molecule has 6 nitrogen and oxygen atoms in total. The van der Waals surface area contributed by atoms with Crippen molar-refractivity contribution in [3.8, 4) is 11.5 Å². The Morgan fingerprint density at radius 1 is 1.29 bits per heavy atom.